The fraction of sp³-hybridized carbons (Fsp3) is 0.353. The van der Waals surface area contributed by atoms with Crippen LogP contribution in [0, 0.1) is 12.8 Å². The fourth-order valence-corrected chi connectivity index (χ4v) is 3.17. The Morgan fingerprint density at radius 3 is 2.79 bits per heavy atom. The van der Waals surface area contributed by atoms with Gasteiger partial charge < -0.3 is 12.8 Å². The summed E-state index contributed by atoms with van der Waals surface area (Å²) in [6.45, 7) is 3.92. The van der Waals surface area contributed by atoms with Gasteiger partial charge in [0.25, 0.3) is 0 Å². The van der Waals surface area contributed by atoms with Gasteiger partial charge in [-0.1, -0.05) is 30.7 Å². The van der Waals surface area contributed by atoms with Crippen molar-refractivity contribution < 1.29 is 37.5 Å². The average Bonchev–Trinajstić information content (AvgIpc) is 2.40. The van der Waals surface area contributed by atoms with Crippen LogP contribution < -0.4 is 0 Å². The topological polar surface area (TPSA) is 17.1 Å². The van der Waals surface area contributed by atoms with Crippen molar-refractivity contribution in [3.05, 3.63) is 53.8 Å². The van der Waals surface area contributed by atoms with E-state index in [2.05, 4.69) is 25.1 Å². The molecule has 0 spiro atoms. The molecule has 1 aromatic rings. The van der Waals surface area contributed by atoms with Crippen molar-refractivity contribution in [2.24, 2.45) is 0 Å². The van der Waals surface area contributed by atoms with Crippen LogP contribution in [0.4, 0.5) is 0 Å². The first-order valence-electron chi connectivity index (χ1n) is 6.76. The van der Waals surface area contributed by atoms with Crippen LogP contribution in [0.5, 0.6) is 0 Å². The van der Waals surface area contributed by atoms with E-state index >= 15 is 0 Å². The normalized spacial score (nSPS) is 18.7. The van der Waals surface area contributed by atoms with E-state index in [0.717, 1.165) is 37.7 Å². The van der Waals surface area contributed by atoms with Gasteiger partial charge in [-0.05, 0) is 22.3 Å². The van der Waals surface area contributed by atoms with Crippen LogP contribution in [0.1, 0.15) is 43.2 Å². The minimum absolute atomic E-state index is 0. The number of allylic oxidation sites excluding steroid dienone is 2. The number of rotatable bonds is 2. The summed E-state index contributed by atoms with van der Waals surface area (Å²) in [7, 11) is 0. The van der Waals surface area contributed by atoms with Gasteiger partial charge in [0, 0.05) is 39.1 Å². The molecular weight excluding hydrogens is 309 g/mol. The van der Waals surface area contributed by atoms with Gasteiger partial charge in [0.15, 0.2) is 5.78 Å². The van der Waals surface area contributed by atoms with Crippen LogP contribution >= 0.6 is 0 Å². The molecule has 1 nitrogen and oxygen atoms in total. The summed E-state index contributed by atoms with van der Waals surface area (Å²) >= 11 is 0. The van der Waals surface area contributed by atoms with Crippen LogP contribution in [0.15, 0.2) is 29.8 Å². The van der Waals surface area contributed by atoms with Gasteiger partial charge in [-0.25, -0.2) is 12.8 Å². The summed E-state index contributed by atoms with van der Waals surface area (Å²) < 4.78 is 0. The molecule has 0 aliphatic heterocycles. The molecule has 0 saturated heterocycles. The molecule has 19 heavy (non-hydrogen) atoms. The molecule has 2 aliphatic carbocycles. The van der Waals surface area contributed by atoms with Crippen molar-refractivity contribution in [3.8, 4) is 0 Å². The van der Waals surface area contributed by atoms with Gasteiger partial charge in [-0.2, -0.15) is 6.42 Å². The summed E-state index contributed by atoms with van der Waals surface area (Å²) in [5, 5.41) is 0. The molecule has 3 rings (SSSR count). The van der Waals surface area contributed by atoms with Gasteiger partial charge in [0.05, 0.1) is 0 Å². The number of hydrogen-bond donors (Lipinski definition) is 0. The van der Waals surface area contributed by atoms with Crippen molar-refractivity contribution in [2.75, 3.05) is 0 Å². The van der Waals surface area contributed by atoms with Gasteiger partial charge in [0.2, 0.25) is 0 Å². The van der Waals surface area contributed by atoms with E-state index in [-0.39, 0.29) is 32.7 Å². The molecule has 2 heteroatoms. The van der Waals surface area contributed by atoms with E-state index in [0.29, 0.717) is 12.2 Å². The molecule has 97 valence electrons. The Bertz CT molecular complexity index is 516. The predicted molar refractivity (Wildman–Crippen MR) is 73.8 cm³/mol. The summed E-state index contributed by atoms with van der Waals surface area (Å²) in [6, 6.07) is 8.37. The SMILES string of the molecule is [CH2-]CC[C-]1CCC2=C(C1)C(=O)Cc1ccccc12.[Y]. The first kappa shape index (κ1) is 15.1. The van der Waals surface area contributed by atoms with Gasteiger partial charge in [-0.15, -0.1) is 6.42 Å². The Morgan fingerprint density at radius 1 is 1.21 bits per heavy atom. The van der Waals surface area contributed by atoms with Crippen molar-refractivity contribution in [1.82, 2.24) is 0 Å². The molecule has 0 aromatic heterocycles. The second-order valence-corrected chi connectivity index (χ2v) is 5.24. The maximum absolute atomic E-state index is 12.3. The molecule has 0 bridgehead atoms. The van der Waals surface area contributed by atoms with E-state index in [4.69, 9.17) is 0 Å². The van der Waals surface area contributed by atoms with Gasteiger partial charge in [0.1, 0.15) is 0 Å². The molecule has 1 aromatic carbocycles. The summed E-state index contributed by atoms with van der Waals surface area (Å²) in [5.41, 5.74) is 4.93. The summed E-state index contributed by atoms with van der Waals surface area (Å²) in [4.78, 5) is 12.3. The Balaban J connectivity index is 0.00000133. The fourth-order valence-electron chi connectivity index (χ4n) is 3.17. The Kier molecular flexibility index (Phi) is 5.14. The van der Waals surface area contributed by atoms with Crippen LogP contribution in [0.3, 0.4) is 0 Å². The minimum atomic E-state index is 0. The number of carbonyl (C=O) groups is 1. The molecular formula is C17H18OY-2. The number of hydrogen-bond acceptors (Lipinski definition) is 1. The smallest absolute Gasteiger partial charge is 0.160 e. The maximum atomic E-state index is 12.3. The zero-order valence-electron chi connectivity index (χ0n) is 11.2. The zero-order chi connectivity index (χ0) is 12.5. The van der Waals surface area contributed by atoms with Crippen molar-refractivity contribution in [3.63, 3.8) is 0 Å². The van der Waals surface area contributed by atoms with E-state index in [9.17, 15) is 4.79 Å². The largest absolute Gasteiger partial charge is 0.346 e. The molecule has 2 aliphatic rings. The summed E-state index contributed by atoms with van der Waals surface area (Å²) in [6.07, 6.45) is 5.68. The minimum Gasteiger partial charge on any atom is -0.346 e. The van der Waals surface area contributed by atoms with Gasteiger partial charge in [-0.3, -0.25) is 4.79 Å². The third-order valence-electron chi connectivity index (χ3n) is 4.08. The second-order valence-electron chi connectivity index (χ2n) is 5.24. The maximum Gasteiger partial charge on any atom is 0.160 e. The average molecular weight is 327 g/mol. The van der Waals surface area contributed by atoms with E-state index in [1.54, 1.807) is 0 Å². The van der Waals surface area contributed by atoms with Crippen molar-refractivity contribution in [1.29, 1.82) is 0 Å². The standard InChI is InChI=1S/C17H18O.Y/c1-2-5-12-8-9-15-14-7-4-3-6-13(14)11-17(18)16(15)10-12;/h3-4,6-7H,1-2,5,8-11H2;/q-2;. The number of ketones is 1. The van der Waals surface area contributed by atoms with Crippen LogP contribution in [0.2, 0.25) is 0 Å². The first-order chi connectivity index (χ1) is 8.79. The molecule has 0 N–H and O–H groups in total. The Hall–Kier alpha value is -0.266. The quantitative estimate of drug-likeness (QED) is 0.752. The molecule has 1 radical (unpaired) electrons. The predicted octanol–water partition coefficient (Wildman–Crippen LogP) is 3.94. The zero-order valence-corrected chi connectivity index (χ0v) is 14.1. The van der Waals surface area contributed by atoms with E-state index in [1.165, 1.54) is 22.6 Å². The van der Waals surface area contributed by atoms with Gasteiger partial charge >= 0.3 is 0 Å². The molecule has 0 saturated carbocycles. The molecule has 0 amide bonds. The number of benzene rings is 1. The first-order valence-corrected chi connectivity index (χ1v) is 6.76. The van der Waals surface area contributed by atoms with Crippen LogP contribution in [-0.4, -0.2) is 5.78 Å². The number of carbonyl (C=O) groups excluding carboxylic acids is 1. The Morgan fingerprint density at radius 2 is 2.00 bits per heavy atom. The molecule has 0 heterocycles. The molecule has 0 unspecified atom stereocenters. The third kappa shape index (κ3) is 2.93. The van der Waals surface area contributed by atoms with Crippen LogP contribution in [0.25, 0.3) is 5.57 Å². The summed E-state index contributed by atoms with van der Waals surface area (Å²) in [5.74, 6) is 1.85. The molecule has 0 fully saturated rings. The van der Waals surface area contributed by atoms with Crippen molar-refractivity contribution in [2.45, 2.75) is 38.5 Å². The monoisotopic (exact) mass is 327 g/mol. The third-order valence-corrected chi connectivity index (χ3v) is 4.08. The van der Waals surface area contributed by atoms with Crippen molar-refractivity contribution >= 4 is 11.4 Å². The number of fused-ring (bicyclic) bond motifs is 2. The van der Waals surface area contributed by atoms with Crippen LogP contribution in [-0.2, 0) is 43.9 Å². The second kappa shape index (κ2) is 6.46. The Labute approximate surface area is 140 Å². The molecule has 0 atom stereocenters. The van der Waals surface area contributed by atoms with E-state index in [1.807, 2.05) is 6.07 Å². The van der Waals surface area contributed by atoms with E-state index < -0.39 is 0 Å². The number of Topliss-reactive ketones (excluding diaryl/α,β-unsaturated/α-hetero) is 1.